The highest BCUT2D eigenvalue weighted by atomic mass is 16.2. The third-order valence-corrected chi connectivity index (χ3v) is 4.74. The lowest BCUT2D eigenvalue weighted by molar-refractivity contribution is -0.129. The van der Waals surface area contributed by atoms with Crippen molar-refractivity contribution >= 4 is 28.4 Å². The van der Waals surface area contributed by atoms with Crippen molar-refractivity contribution in [3.8, 4) is 0 Å². The van der Waals surface area contributed by atoms with E-state index in [1.165, 1.54) is 0 Å². The molecule has 2 aromatic rings. The van der Waals surface area contributed by atoms with Crippen molar-refractivity contribution in [1.29, 1.82) is 0 Å². The first-order chi connectivity index (χ1) is 12.5. The van der Waals surface area contributed by atoms with Crippen molar-refractivity contribution in [2.45, 2.75) is 33.2 Å². The van der Waals surface area contributed by atoms with Crippen molar-refractivity contribution in [3.63, 3.8) is 0 Å². The van der Waals surface area contributed by atoms with Crippen LogP contribution in [0.1, 0.15) is 26.0 Å². The average Bonchev–Trinajstić information content (AvgIpc) is 3.00. The Hall–Kier alpha value is -2.63. The van der Waals surface area contributed by atoms with E-state index in [1.807, 2.05) is 51.1 Å². The van der Waals surface area contributed by atoms with Crippen LogP contribution in [0.4, 0.5) is 5.69 Å². The maximum Gasteiger partial charge on any atom is 0.225 e. The Morgan fingerprint density at radius 2 is 2.08 bits per heavy atom. The highest BCUT2D eigenvalue weighted by Gasteiger charge is 2.35. The first-order valence-corrected chi connectivity index (χ1v) is 9.13. The number of fused-ring (bicyclic) bond motifs is 1. The molecule has 1 aliphatic rings. The molecule has 0 spiro atoms. The Kier molecular flexibility index (Phi) is 5.40. The zero-order valence-electron chi connectivity index (χ0n) is 15.6. The van der Waals surface area contributed by atoms with Gasteiger partial charge < -0.3 is 15.5 Å². The molecule has 0 bridgehead atoms. The van der Waals surface area contributed by atoms with Gasteiger partial charge in [-0.3, -0.25) is 14.6 Å². The smallest absolute Gasteiger partial charge is 0.225 e. The van der Waals surface area contributed by atoms with E-state index in [4.69, 9.17) is 0 Å². The summed E-state index contributed by atoms with van der Waals surface area (Å²) in [7, 11) is 0. The van der Waals surface area contributed by atoms with Crippen LogP contribution in [-0.4, -0.2) is 47.4 Å². The van der Waals surface area contributed by atoms with E-state index in [0.717, 1.165) is 22.3 Å². The molecule has 0 saturated carbocycles. The highest BCUT2D eigenvalue weighted by Crippen LogP contribution is 2.23. The number of hydrogen-bond donors (Lipinski definition) is 2. The zero-order valence-corrected chi connectivity index (χ0v) is 15.6. The van der Waals surface area contributed by atoms with E-state index in [0.29, 0.717) is 26.1 Å². The summed E-state index contributed by atoms with van der Waals surface area (Å²) in [5.74, 6) is -0.218. The lowest BCUT2D eigenvalue weighted by atomic mass is 10.1. The second-order valence-electron chi connectivity index (χ2n) is 7.09. The number of para-hydroxylation sites is 1. The summed E-state index contributed by atoms with van der Waals surface area (Å²) >= 11 is 0. The van der Waals surface area contributed by atoms with Gasteiger partial charge in [0.25, 0.3) is 0 Å². The zero-order chi connectivity index (χ0) is 18.7. The van der Waals surface area contributed by atoms with E-state index in [9.17, 15) is 9.59 Å². The third-order valence-electron chi connectivity index (χ3n) is 4.74. The number of nitrogens with one attached hydrogen (secondary N) is 2. The Labute approximate surface area is 154 Å². The summed E-state index contributed by atoms with van der Waals surface area (Å²) in [6.07, 6.45) is 0.311. The number of aryl methyl sites for hydroxylation is 1. The molecule has 0 unspecified atom stereocenters. The molecule has 3 rings (SSSR count). The molecule has 2 amide bonds. The molecular weight excluding hydrogens is 328 g/mol. The molecule has 6 nitrogen and oxygen atoms in total. The first-order valence-electron chi connectivity index (χ1n) is 9.13. The fourth-order valence-corrected chi connectivity index (χ4v) is 3.39. The van der Waals surface area contributed by atoms with E-state index in [1.54, 1.807) is 4.90 Å². The number of hydrogen-bond acceptors (Lipinski definition) is 4. The molecule has 6 heteroatoms. The SMILES string of the molecule is Cc1cc(NCCNC(=O)[C@@H]2CC(=O)N(C(C)C)C2)c2ccccc2n1. The van der Waals surface area contributed by atoms with Gasteiger partial charge in [-0.1, -0.05) is 18.2 Å². The number of aromatic nitrogens is 1. The summed E-state index contributed by atoms with van der Waals surface area (Å²) in [5, 5.41) is 7.39. The van der Waals surface area contributed by atoms with E-state index in [2.05, 4.69) is 15.6 Å². The molecule has 0 aliphatic carbocycles. The van der Waals surface area contributed by atoms with E-state index >= 15 is 0 Å². The predicted octanol–water partition coefficient (Wildman–Crippen LogP) is 2.33. The van der Waals surface area contributed by atoms with Crippen molar-refractivity contribution in [2.75, 3.05) is 25.0 Å². The fourth-order valence-electron chi connectivity index (χ4n) is 3.39. The molecule has 2 N–H and O–H groups in total. The number of carbonyl (C=O) groups is 2. The van der Waals surface area contributed by atoms with Crippen LogP contribution < -0.4 is 10.6 Å². The lowest BCUT2D eigenvalue weighted by Gasteiger charge is -2.20. The normalized spacial score (nSPS) is 17.2. The van der Waals surface area contributed by atoms with Gasteiger partial charge in [-0.25, -0.2) is 0 Å². The predicted molar refractivity (Wildman–Crippen MR) is 103 cm³/mol. The number of carbonyl (C=O) groups excluding carboxylic acids is 2. The fraction of sp³-hybridized carbons (Fsp3) is 0.450. The second-order valence-corrected chi connectivity index (χ2v) is 7.09. The molecule has 1 aromatic heterocycles. The molecule has 1 atom stereocenters. The Morgan fingerprint density at radius 1 is 1.31 bits per heavy atom. The van der Waals surface area contributed by atoms with Gasteiger partial charge in [-0.2, -0.15) is 0 Å². The lowest BCUT2D eigenvalue weighted by Crippen LogP contribution is -2.37. The number of rotatable bonds is 6. The standard InChI is InChI=1S/C20H26N4O2/c1-13(2)24-12-15(11-19(24)25)20(26)22-9-8-21-18-10-14(3)23-17-7-5-4-6-16(17)18/h4-7,10,13,15H,8-9,11-12H2,1-3H3,(H,21,23)(H,22,26)/t15-/m1/s1. The van der Waals surface area contributed by atoms with Crippen LogP contribution in [-0.2, 0) is 9.59 Å². The molecule has 1 aromatic carbocycles. The van der Waals surface area contributed by atoms with Gasteiger partial charge in [0.2, 0.25) is 11.8 Å². The third kappa shape index (κ3) is 3.95. The van der Waals surface area contributed by atoms with Crippen LogP contribution in [0.3, 0.4) is 0 Å². The maximum atomic E-state index is 12.3. The molecule has 1 saturated heterocycles. The molecule has 0 radical (unpaired) electrons. The van der Waals surface area contributed by atoms with Gasteiger partial charge in [0.1, 0.15) is 0 Å². The summed E-state index contributed by atoms with van der Waals surface area (Å²) < 4.78 is 0. The van der Waals surface area contributed by atoms with Crippen LogP contribution in [0.5, 0.6) is 0 Å². The van der Waals surface area contributed by atoms with Gasteiger partial charge in [0.05, 0.1) is 11.4 Å². The molecule has 1 fully saturated rings. The van der Waals surface area contributed by atoms with Gasteiger partial charge in [0, 0.05) is 48.9 Å². The monoisotopic (exact) mass is 354 g/mol. The number of benzene rings is 1. The van der Waals surface area contributed by atoms with Crippen LogP contribution in [0.2, 0.25) is 0 Å². The van der Waals surface area contributed by atoms with Gasteiger partial charge in [-0.15, -0.1) is 0 Å². The molecule has 138 valence electrons. The summed E-state index contributed by atoms with van der Waals surface area (Å²) in [5.41, 5.74) is 2.93. The van der Waals surface area contributed by atoms with Crippen LogP contribution in [0.25, 0.3) is 10.9 Å². The summed E-state index contributed by atoms with van der Waals surface area (Å²) in [6, 6.07) is 10.2. The van der Waals surface area contributed by atoms with E-state index in [-0.39, 0.29) is 23.8 Å². The van der Waals surface area contributed by atoms with Gasteiger partial charge in [0.15, 0.2) is 0 Å². The Morgan fingerprint density at radius 3 is 2.81 bits per heavy atom. The summed E-state index contributed by atoms with van der Waals surface area (Å²) in [6.45, 7) is 7.57. The van der Waals surface area contributed by atoms with Crippen LogP contribution in [0, 0.1) is 12.8 Å². The number of pyridine rings is 1. The molecular formula is C20H26N4O2. The molecule has 26 heavy (non-hydrogen) atoms. The Bertz CT molecular complexity index is 819. The van der Waals surface area contributed by atoms with Gasteiger partial charge in [-0.05, 0) is 32.9 Å². The average molecular weight is 354 g/mol. The minimum Gasteiger partial charge on any atom is -0.383 e. The van der Waals surface area contributed by atoms with Gasteiger partial charge >= 0.3 is 0 Å². The number of likely N-dealkylation sites (tertiary alicyclic amines) is 1. The van der Waals surface area contributed by atoms with Crippen LogP contribution in [0.15, 0.2) is 30.3 Å². The second kappa shape index (κ2) is 7.72. The molecule has 2 heterocycles. The number of amides is 2. The van der Waals surface area contributed by atoms with Crippen molar-refractivity contribution in [3.05, 3.63) is 36.0 Å². The minimum atomic E-state index is -0.242. The van der Waals surface area contributed by atoms with Crippen molar-refractivity contribution < 1.29 is 9.59 Å². The largest absolute Gasteiger partial charge is 0.383 e. The van der Waals surface area contributed by atoms with Crippen molar-refractivity contribution in [2.24, 2.45) is 5.92 Å². The van der Waals surface area contributed by atoms with Crippen LogP contribution >= 0.6 is 0 Å². The highest BCUT2D eigenvalue weighted by molar-refractivity contribution is 5.91. The number of anilines is 1. The van der Waals surface area contributed by atoms with Crippen molar-refractivity contribution in [1.82, 2.24) is 15.2 Å². The Balaban J connectivity index is 1.52. The first kappa shape index (κ1) is 18.2. The molecule has 1 aliphatic heterocycles. The maximum absolute atomic E-state index is 12.3. The topological polar surface area (TPSA) is 74.3 Å². The summed E-state index contributed by atoms with van der Waals surface area (Å²) in [4.78, 5) is 30.5. The minimum absolute atomic E-state index is 0.0425. The number of nitrogens with zero attached hydrogens (tertiary/aromatic N) is 2. The quantitative estimate of drug-likeness (QED) is 0.781. The van der Waals surface area contributed by atoms with E-state index < -0.39 is 0 Å².